The van der Waals surface area contributed by atoms with Crippen molar-refractivity contribution in [3.05, 3.63) is 63.4 Å². The Morgan fingerprint density at radius 3 is 2.64 bits per heavy atom. The number of hydrogen-bond acceptors (Lipinski definition) is 4. The van der Waals surface area contributed by atoms with Crippen LogP contribution >= 0.6 is 23.2 Å². The van der Waals surface area contributed by atoms with E-state index in [4.69, 9.17) is 23.2 Å². The van der Waals surface area contributed by atoms with Crippen molar-refractivity contribution >= 4 is 40.6 Å². The van der Waals surface area contributed by atoms with Gasteiger partial charge in [0.25, 0.3) is 11.8 Å². The Kier molecular flexibility index (Phi) is 6.33. The SMILES string of the molecule is Cc1cc(Cl)cc(C(C)C)c1NC(=O)c1cc(N2CCC(F)(F)C2)nn1-c1ncccc1Cl. The second-order valence-corrected chi connectivity index (χ2v) is 9.28. The number of alkyl halides is 2. The molecule has 1 amide bonds. The summed E-state index contributed by atoms with van der Waals surface area (Å²) in [4.78, 5) is 19.1. The maximum Gasteiger partial charge on any atom is 0.274 e. The van der Waals surface area contributed by atoms with Gasteiger partial charge in [-0.15, -0.1) is 5.10 Å². The minimum atomic E-state index is -2.80. The van der Waals surface area contributed by atoms with Gasteiger partial charge in [-0.3, -0.25) is 4.79 Å². The molecule has 0 aliphatic carbocycles. The summed E-state index contributed by atoms with van der Waals surface area (Å²) in [5, 5.41) is 8.24. The highest BCUT2D eigenvalue weighted by molar-refractivity contribution is 6.32. The monoisotopic (exact) mass is 493 g/mol. The van der Waals surface area contributed by atoms with Crippen molar-refractivity contribution in [2.75, 3.05) is 23.3 Å². The number of hydrogen-bond donors (Lipinski definition) is 1. The van der Waals surface area contributed by atoms with Crippen LogP contribution in [0.25, 0.3) is 5.82 Å². The molecule has 1 fully saturated rings. The Balaban J connectivity index is 1.77. The van der Waals surface area contributed by atoms with Crippen LogP contribution in [0, 0.1) is 6.92 Å². The van der Waals surface area contributed by atoms with Crippen LogP contribution in [0.3, 0.4) is 0 Å². The molecule has 1 N–H and O–H groups in total. The molecule has 174 valence electrons. The van der Waals surface area contributed by atoms with E-state index in [-0.39, 0.29) is 41.2 Å². The highest BCUT2D eigenvalue weighted by atomic mass is 35.5. The fraction of sp³-hybridized carbons (Fsp3) is 0.348. The van der Waals surface area contributed by atoms with Gasteiger partial charge in [0.05, 0.1) is 11.6 Å². The number of anilines is 2. The molecule has 0 spiro atoms. The normalized spacial score (nSPS) is 15.3. The summed E-state index contributed by atoms with van der Waals surface area (Å²) in [7, 11) is 0. The molecule has 1 aliphatic rings. The van der Waals surface area contributed by atoms with Crippen LogP contribution in [0.15, 0.2) is 36.5 Å². The largest absolute Gasteiger partial charge is 0.349 e. The lowest BCUT2D eigenvalue weighted by Gasteiger charge is -2.17. The fourth-order valence-electron chi connectivity index (χ4n) is 3.88. The molecule has 0 unspecified atom stereocenters. The van der Waals surface area contributed by atoms with Gasteiger partial charge in [0.1, 0.15) is 5.69 Å². The maximum atomic E-state index is 13.8. The molecule has 1 saturated heterocycles. The lowest BCUT2D eigenvalue weighted by atomic mass is 9.98. The predicted molar refractivity (Wildman–Crippen MR) is 126 cm³/mol. The third kappa shape index (κ3) is 4.82. The average Bonchev–Trinajstić information content (AvgIpc) is 3.33. The first-order valence-corrected chi connectivity index (χ1v) is 11.3. The average molecular weight is 494 g/mol. The quantitative estimate of drug-likeness (QED) is 0.466. The molecule has 2 aromatic heterocycles. The topological polar surface area (TPSA) is 63.1 Å². The summed E-state index contributed by atoms with van der Waals surface area (Å²) in [6, 6.07) is 8.36. The summed E-state index contributed by atoms with van der Waals surface area (Å²) in [6.45, 7) is 5.54. The Bertz CT molecular complexity index is 1210. The Morgan fingerprint density at radius 1 is 1.24 bits per heavy atom. The molecule has 4 rings (SSSR count). The van der Waals surface area contributed by atoms with Crippen LogP contribution in [0.5, 0.6) is 0 Å². The fourth-order valence-corrected chi connectivity index (χ4v) is 4.37. The molecular formula is C23H23Cl2F2N5O. The van der Waals surface area contributed by atoms with Gasteiger partial charge in [0.2, 0.25) is 0 Å². The number of nitrogens with one attached hydrogen (secondary N) is 1. The van der Waals surface area contributed by atoms with Crippen molar-refractivity contribution in [2.24, 2.45) is 0 Å². The van der Waals surface area contributed by atoms with E-state index in [9.17, 15) is 13.6 Å². The van der Waals surface area contributed by atoms with Crippen LogP contribution in [-0.2, 0) is 0 Å². The number of aromatic nitrogens is 3. The molecule has 33 heavy (non-hydrogen) atoms. The van der Waals surface area contributed by atoms with Crippen LogP contribution < -0.4 is 10.2 Å². The summed E-state index contributed by atoms with van der Waals surface area (Å²) in [6.07, 6.45) is 1.25. The summed E-state index contributed by atoms with van der Waals surface area (Å²) >= 11 is 12.5. The molecule has 3 aromatic rings. The molecule has 0 bridgehead atoms. The van der Waals surface area contributed by atoms with Crippen LogP contribution in [0.1, 0.15) is 47.8 Å². The Hall–Kier alpha value is -2.71. The number of aryl methyl sites for hydroxylation is 1. The van der Waals surface area contributed by atoms with Gasteiger partial charge in [-0.05, 0) is 48.2 Å². The zero-order valence-electron chi connectivity index (χ0n) is 18.4. The van der Waals surface area contributed by atoms with Crippen molar-refractivity contribution < 1.29 is 13.6 Å². The van der Waals surface area contributed by atoms with E-state index in [1.54, 1.807) is 18.2 Å². The van der Waals surface area contributed by atoms with E-state index in [1.165, 1.54) is 21.8 Å². The number of benzene rings is 1. The standard InChI is InChI=1S/C23H23Cl2F2N5O/c1-13(2)16-10-15(24)9-14(3)20(16)29-22(33)18-11-19(31-8-6-23(26,27)12-31)30-32(18)21-17(25)5-4-7-28-21/h4-5,7,9-11,13H,6,8,12H2,1-3H3,(H,29,33). The van der Waals surface area contributed by atoms with Crippen LogP contribution in [-0.4, -0.2) is 39.7 Å². The Labute approximate surface area is 200 Å². The number of rotatable bonds is 5. The third-order valence-electron chi connectivity index (χ3n) is 5.55. The summed E-state index contributed by atoms with van der Waals surface area (Å²) in [5.74, 6) is -2.67. The lowest BCUT2D eigenvalue weighted by Crippen LogP contribution is -2.25. The predicted octanol–water partition coefficient (Wildman–Crippen LogP) is 6.10. The molecule has 3 heterocycles. The first-order chi connectivity index (χ1) is 15.6. The molecule has 0 atom stereocenters. The van der Waals surface area contributed by atoms with Crippen molar-refractivity contribution in [1.29, 1.82) is 0 Å². The van der Waals surface area contributed by atoms with Gasteiger partial charge in [-0.2, -0.15) is 0 Å². The van der Waals surface area contributed by atoms with Crippen molar-refractivity contribution in [3.8, 4) is 5.82 Å². The zero-order valence-corrected chi connectivity index (χ0v) is 19.9. The van der Waals surface area contributed by atoms with Gasteiger partial charge in [0.15, 0.2) is 11.6 Å². The van der Waals surface area contributed by atoms with E-state index < -0.39 is 18.4 Å². The lowest BCUT2D eigenvalue weighted by molar-refractivity contribution is 0.0256. The van der Waals surface area contributed by atoms with E-state index in [0.717, 1.165) is 11.1 Å². The molecular weight excluding hydrogens is 471 g/mol. The highest BCUT2D eigenvalue weighted by Gasteiger charge is 2.39. The molecule has 0 saturated carbocycles. The molecule has 10 heteroatoms. The van der Waals surface area contributed by atoms with Crippen molar-refractivity contribution in [2.45, 2.75) is 39.0 Å². The summed E-state index contributed by atoms with van der Waals surface area (Å²) in [5.41, 5.74) is 2.47. The van der Waals surface area contributed by atoms with Crippen molar-refractivity contribution in [1.82, 2.24) is 14.8 Å². The van der Waals surface area contributed by atoms with Gasteiger partial charge >= 0.3 is 0 Å². The second kappa shape index (κ2) is 8.91. The van der Waals surface area contributed by atoms with E-state index in [2.05, 4.69) is 15.4 Å². The number of carbonyl (C=O) groups excluding carboxylic acids is 1. The van der Waals surface area contributed by atoms with Crippen LogP contribution in [0.4, 0.5) is 20.3 Å². The Morgan fingerprint density at radius 2 is 2.00 bits per heavy atom. The smallest absolute Gasteiger partial charge is 0.274 e. The van der Waals surface area contributed by atoms with E-state index in [0.29, 0.717) is 10.7 Å². The highest BCUT2D eigenvalue weighted by Crippen LogP contribution is 2.34. The number of carbonyl (C=O) groups is 1. The van der Waals surface area contributed by atoms with Gasteiger partial charge in [0, 0.05) is 35.9 Å². The number of pyridine rings is 1. The van der Waals surface area contributed by atoms with E-state index >= 15 is 0 Å². The van der Waals surface area contributed by atoms with Crippen LogP contribution in [0.2, 0.25) is 10.0 Å². The minimum Gasteiger partial charge on any atom is -0.349 e. The molecule has 1 aromatic carbocycles. The van der Waals surface area contributed by atoms with Gasteiger partial charge in [-0.1, -0.05) is 37.0 Å². The van der Waals surface area contributed by atoms with Gasteiger partial charge < -0.3 is 10.2 Å². The minimum absolute atomic E-state index is 0.107. The molecule has 0 radical (unpaired) electrons. The van der Waals surface area contributed by atoms with Gasteiger partial charge in [-0.25, -0.2) is 18.4 Å². The second-order valence-electron chi connectivity index (χ2n) is 8.43. The number of amides is 1. The zero-order chi connectivity index (χ0) is 23.9. The maximum absolute atomic E-state index is 13.8. The summed E-state index contributed by atoms with van der Waals surface area (Å²) < 4.78 is 28.9. The molecule has 6 nitrogen and oxygen atoms in total. The van der Waals surface area contributed by atoms with E-state index in [1.807, 2.05) is 26.8 Å². The number of halogens is 4. The number of nitrogens with zero attached hydrogens (tertiary/aromatic N) is 4. The molecule has 1 aliphatic heterocycles. The van der Waals surface area contributed by atoms with Crippen molar-refractivity contribution in [3.63, 3.8) is 0 Å². The third-order valence-corrected chi connectivity index (χ3v) is 6.07. The first-order valence-electron chi connectivity index (χ1n) is 10.5. The first kappa shape index (κ1) is 23.4.